The third-order valence-corrected chi connectivity index (χ3v) is 6.11. The van der Waals surface area contributed by atoms with Crippen LogP contribution in [0.3, 0.4) is 0 Å². The Labute approximate surface area is 166 Å². The van der Waals surface area contributed by atoms with Gasteiger partial charge in [0.25, 0.3) is 0 Å². The van der Waals surface area contributed by atoms with Crippen LogP contribution >= 0.6 is 0 Å². The number of likely N-dealkylation sites (tertiary alicyclic amines) is 1. The Morgan fingerprint density at radius 1 is 1.21 bits per heavy atom. The molecule has 2 aromatic heterocycles. The highest BCUT2D eigenvalue weighted by atomic mass is 16.5. The summed E-state index contributed by atoms with van der Waals surface area (Å²) in [4.78, 5) is 19.4. The second-order valence-corrected chi connectivity index (χ2v) is 8.17. The van der Waals surface area contributed by atoms with E-state index in [0.717, 1.165) is 74.3 Å². The summed E-state index contributed by atoms with van der Waals surface area (Å²) < 4.78 is 5.64. The van der Waals surface area contributed by atoms with Gasteiger partial charge in [0, 0.05) is 48.8 Å². The molecule has 0 saturated carbocycles. The number of rotatable bonds is 3. The molecule has 28 heavy (non-hydrogen) atoms. The molecule has 2 saturated heterocycles. The first-order valence-electron chi connectivity index (χ1n) is 10.3. The minimum absolute atomic E-state index is 0.318. The van der Waals surface area contributed by atoms with Crippen LogP contribution < -0.4 is 4.90 Å². The second kappa shape index (κ2) is 7.26. The van der Waals surface area contributed by atoms with E-state index in [4.69, 9.17) is 14.7 Å². The molecule has 3 aliphatic rings. The maximum absolute atomic E-state index is 5.64. The zero-order valence-corrected chi connectivity index (χ0v) is 16.6. The lowest BCUT2D eigenvalue weighted by Crippen LogP contribution is -2.44. The van der Waals surface area contributed by atoms with Crippen LogP contribution in [-0.4, -0.2) is 65.8 Å². The number of fused-ring (bicyclic) bond motifs is 1. The molecule has 1 aliphatic carbocycles. The molecule has 2 aromatic rings. The van der Waals surface area contributed by atoms with Crippen LogP contribution in [0.1, 0.15) is 36.2 Å². The lowest BCUT2D eigenvalue weighted by molar-refractivity contribution is 0.0985. The predicted octanol–water partition coefficient (Wildman–Crippen LogP) is 2.75. The maximum Gasteiger partial charge on any atom is 0.162 e. The molecule has 2 fully saturated rings. The second-order valence-electron chi connectivity index (χ2n) is 8.17. The normalized spacial score (nSPS) is 24.7. The van der Waals surface area contributed by atoms with E-state index in [0.29, 0.717) is 12.0 Å². The molecule has 0 spiro atoms. The summed E-state index contributed by atoms with van der Waals surface area (Å²) in [5.41, 5.74) is 4.54. The standard InChI is InChI=1S/C22H27N5O/c1-15-14-28-11-10-27(15)21-12-20(16-7-9-26(2)13-16)24-22(25-21)18-6-8-23-19-5-3-4-17(18)19/h3-4,6,8,12,15-16H,5,7,9-11,13-14H2,1-2H3/t15-,16?/m1/s1. The van der Waals surface area contributed by atoms with Gasteiger partial charge in [-0.15, -0.1) is 0 Å². The lowest BCUT2D eigenvalue weighted by Gasteiger charge is -2.34. The van der Waals surface area contributed by atoms with Gasteiger partial charge in [0.05, 0.1) is 30.6 Å². The van der Waals surface area contributed by atoms with E-state index in [2.05, 4.69) is 53.0 Å². The van der Waals surface area contributed by atoms with Crippen molar-refractivity contribution in [1.29, 1.82) is 0 Å². The molecular weight excluding hydrogens is 350 g/mol. The van der Waals surface area contributed by atoms with E-state index in [1.54, 1.807) is 0 Å². The number of hydrogen-bond acceptors (Lipinski definition) is 6. The Bertz CT molecular complexity index is 912. The fraction of sp³-hybridized carbons (Fsp3) is 0.500. The zero-order chi connectivity index (χ0) is 19.1. The van der Waals surface area contributed by atoms with Crippen molar-refractivity contribution in [2.45, 2.75) is 31.7 Å². The van der Waals surface area contributed by atoms with Crippen molar-refractivity contribution >= 4 is 11.9 Å². The van der Waals surface area contributed by atoms with Gasteiger partial charge in [0.15, 0.2) is 5.82 Å². The topological polar surface area (TPSA) is 54.4 Å². The summed E-state index contributed by atoms with van der Waals surface area (Å²) in [5, 5.41) is 0. The molecular formula is C22H27N5O. The van der Waals surface area contributed by atoms with Crippen molar-refractivity contribution in [2.75, 3.05) is 44.8 Å². The number of pyridine rings is 1. The molecule has 2 aliphatic heterocycles. The van der Waals surface area contributed by atoms with Crippen molar-refractivity contribution in [3.05, 3.63) is 41.4 Å². The molecule has 0 amide bonds. The van der Waals surface area contributed by atoms with Crippen molar-refractivity contribution in [1.82, 2.24) is 19.9 Å². The van der Waals surface area contributed by atoms with Gasteiger partial charge < -0.3 is 14.5 Å². The largest absolute Gasteiger partial charge is 0.377 e. The van der Waals surface area contributed by atoms with Crippen LogP contribution in [0.15, 0.2) is 24.4 Å². The van der Waals surface area contributed by atoms with Crippen molar-refractivity contribution < 1.29 is 4.74 Å². The number of ether oxygens (including phenoxy) is 1. The summed E-state index contributed by atoms with van der Waals surface area (Å²) in [7, 11) is 2.19. The van der Waals surface area contributed by atoms with E-state index >= 15 is 0 Å². The highest BCUT2D eigenvalue weighted by molar-refractivity contribution is 5.75. The van der Waals surface area contributed by atoms with Crippen LogP contribution in [0, 0.1) is 0 Å². The summed E-state index contributed by atoms with van der Waals surface area (Å²) in [6.45, 7) is 6.75. The van der Waals surface area contributed by atoms with Gasteiger partial charge in [-0.3, -0.25) is 4.98 Å². The number of allylic oxidation sites excluding steroid dienone is 1. The Hall–Kier alpha value is -2.31. The number of morpholine rings is 1. The predicted molar refractivity (Wildman–Crippen MR) is 110 cm³/mol. The Morgan fingerprint density at radius 2 is 2.14 bits per heavy atom. The molecule has 0 aromatic carbocycles. The van der Waals surface area contributed by atoms with Gasteiger partial charge >= 0.3 is 0 Å². The number of likely N-dealkylation sites (N-methyl/N-ethyl adjacent to an activating group) is 1. The van der Waals surface area contributed by atoms with Crippen LogP contribution in [0.4, 0.5) is 5.82 Å². The third-order valence-electron chi connectivity index (χ3n) is 6.11. The SMILES string of the molecule is C[C@@H]1COCCN1c1cc(C2CCN(C)C2)nc(-c2ccnc3c2C=CC3)n1. The molecule has 2 atom stereocenters. The first-order valence-corrected chi connectivity index (χ1v) is 10.3. The monoisotopic (exact) mass is 377 g/mol. The number of nitrogens with zero attached hydrogens (tertiary/aromatic N) is 5. The van der Waals surface area contributed by atoms with Gasteiger partial charge in [0.1, 0.15) is 5.82 Å². The molecule has 5 rings (SSSR count). The van der Waals surface area contributed by atoms with Crippen LogP contribution in [-0.2, 0) is 11.2 Å². The highest BCUT2D eigenvalue weighted by Crippen LogP contribution is 2.33. The van der Waals surface area contributed by atoms with E-state index < -0.39 is 0 Å². The van der Waals surface area contributed by atoms with Crippen molar-refractivity contribution in [2.24, 2.45) is 0 Å². The van der Waals surface area contributed by atoms with Gasteiger partial charge in [-0.2, -0.15) is 0 Å². The van der Waals surface area contributed by atoms with E-state index in [1.165, 1.54) is 5.56 Å². The first kappa shape index (κ1) is 17.8. The molecule has 146 valence electrons. The Balaban J connectivity index is 1.61. The van der Waals surface area contributed by atoms with Gasteiger partial charge in [0.2, 0.25) is 0 Å². The first-order chi connectivity index (χ1) is 13.7. The fourth-order valence-corrected chi connectivity index (χ4v) is 4.52. The molecule has 6 nitrogen and oxygen atoms in total. The molecule has 0 radical (unpaired) electrons. The molecule has 6 heteroatoms. The molecule has 0 N–H and O–H groups in total. The summed E-state index contributed by atoms with van der Waals surface area (Å²) in [6.07, 6.45) is 8.26. The highest BCUT2D eigenvalue weighted by Gasteiger charge is 2.27. The summed E-state index contributed by atoms with van der Waals surface area (Å²) in [6, 6.07) is 4.59. The lowest BCUT2D eigenvalue weighted by atomic mass is 10.0. The molecule has 1 unspecified atom stereocenters. The minimum Gasteiger partial charge on any atom is -0.377 e. The van der Waals surface area contributed by atoms with Crippen molar-refractivity contribution in [3.8, 4) is 11.4 Å². The zero-order valence-electron chi connectivity index (χ0n) is 16.6. The minimum atomic E-state index is 0.318. The van der Waals surface area contributed by atoms with E-state index in [9.17, 15) is 0 Å². The average Bonchev–Trinajstić information content (AvgIpc) is 3.36. The van der Waals surface area contributed by atoms with Crippen molar-refractivity contribution in [3.63, 3.8) is 0 Å². The maximum atomic E-state index is 5.64. The number of aromatic nitrogens is 3. The summed E-state index contributed by atoms with van der Waals surface area (Å²) in [5.74, 6) is 2.32. The quantitative estimate of drug-likeness (QED) is 0.820. The Kier molecular flexibility index (Phi) is 4.61. The van der Waals surface area contributed by atoms with Crippen LogP contribution in [0.25, 0.3) is 17.5 Å². The number of hydrogen-bond donors (Lipinski definition) is 0. The van der Waals surface area contributed by atoms with Gasteiger partial charge in [-0.05, 0) is 33.0 Å². The summed E-state index contributed by atoms with van der Waals surface area (Å²) >= 11 is 0. The van der Waals surface area contributed by atoms with Gasteiger partial charge in [-0.25, -0.2) is 9.97 Å². The van der Waals surface area contributed by atoms with Crippen LogP contribution in [0.5, 0.6) is 0 Å². The smallest absolute Gasteiger partial charge is 0.162 e. The number of anilines is 1. The third kappa shape index (κ3) is 3.20. The fourth-order valence-electron chi connectivity index (χ4n) is 4.52. The molecule has 4 heterocycles. The average molecular weight is 377 g/mol. The van der Waals surface area contributed by atoms with E-state index in [1.807, 2.05) is 6.20 Å². The molecule has 0 bridgehead atoms. The van der Waals surface area contributed by atoms with E-state index in [-0.39, 0.29) is 0 Å². The van der Waals surface area contributed by atoms with Crippen LogP contribution in [0.2, 0.25) is 0 Å². The van der Waals surface area contributed by atoms with Gasteiger partial charge in [-0.1, -0.05) is 12.2 Å². The Morgan fingerprint density at radius 3 is 2.96 bits per heavy atom.